The van der Waals surface area contributed by atoms with Crippen LogP contribution < -0.4 is 15.8 Å². The van der Waals surface area contributed by atoms with Crippen LogP contribution in [-0.4, -0.2) is 26.9 Å². The summed E-state index contributed by atoms with van der Waals surface area (Å²) in [5, 5.41) is 4.03. The molecule has 2 unspecified atom stereocenters. The van der Waals surface area contributed by atoms with Gasteiger partial charge in [0.15, 0.2) is 0 Å². The van der Waals surface area contributed by atoms with E-state index >= 15 is 0 Å². The van der Waals surface area contributed by atoms with Crippen LogP contribution in [0.2, 0.25) is 0 Å². The number of carbonyl (C=O) groups excluding carboxylic acids is 1. The van der Waals surface area contributed by atoms with E-state index in [1.54, 1.807) is 30.3 Å². The van der Waals surface area contributed by atoms with Crippen molar-refractivity contribution >= 4 is 44.8 Å². The standard InChI is InChI=1S/C18H23N3O3S.ClH/c1-12(22)20-17-9-10-18(15-7-3-2-6-14(15)17)25(23,24)21-16-8-4-5-13(16)11-19;/h2-3,6-7,9-10,13,16,21H,4-5,8,11,19H2,1H3,(H,20,22);1H. The maximum absolute atomic E-state index is 13.0. The summed E-state index contributed by atoms with van der Waals surface area (Å²) in [5.41, 5.74) is 6.36. The molecule has 2 aromatic carbocycles. The summed E-state index contributed by atoms with van der Waals surface area (Å²) in [5.74, 6) is -0.0182. The highest BCUT2D eigenvalue weighted by Crippen LogP contribution is 2.31. The Labute approximate surface area is 160 Å². The second kappa shape index (κ2) is 8.35. The van der Waals surface area contributed by atoms with Gasteiger partial charge in [0.05, 0.1) is 4.90 Å². The summed E-state index contributed by atoms with van der Waals surface area (Å²) >= 11 is 0. The first-order chi connectivity index (χ1) is 11.9. The minimum Gasteiger partial charge on any atom is -0.330 e. The van der Waals surface area contributed by atoms with Crippen LogP contribution in [0.25, 0.3) is 10.8 Å². The second-order valence-electron chi connectivity index (χ2n) is 6.49. The number of fused-ring (bicyclic) bond motifs is 1. The molecule has 26 heavy (non-hydrogen) atoms. The molecule has 8 heteroatoms. The maximum atomic E-state index is 13.0. The molecule has 2 aromatic rings. The van der Waals surface area contributed by atoms with Crippen molar-refractivity contribution in [3.05, 3.63) is 36.4 Å². The van der Waals surface area contributed by atoms with Gasteiger partial charge in [0.25, 0.3) is 0 Å². The molecule has 0 aliphatic heterocycles. The van der Waals surface area contributed by atoms with E-state index in [0.717, 1.165) is 19.3 Å². The fourth-order valence-electron chi connectivity index (χ4n) is 3.54. The number of benzene rings is 2. The highest BCUT2D eigenvalue weighted by molar-refractivity contribution is 7.89. The van der Waals surface area contributed by atoms with Crippen LogP contribution in [0.3, 0.4) is 0 Å². The molecule has 4 N–H and O–H groups in total. The summed E-state index contributed by atoms with van der Waals surface area (Å²) in [7, 11) is -3.68. The van der Waals surface area contributed by atoms with E-state index in [9.17, 15) is 13.2 Å². The highest BCUT2D eigenvalue weighted by atomic mass is 35.5. The molecule has 3 rings (SSSR count). The number of carbonyl (C=O) groups is 1. The molecule has 6 nitrogen and oxygen atoms in total. The quantitative estimate of drug-likeness (QED) is 0.721. The molecular weight excluding hydrogens is 374 g/mol. The van der Waals surface area contributed by atoms with Gasteiger partial charge in [-0.2, -0.15) is 0 Å². The number of sulfonamides is 1. The Bertz CT molecular complexity index is 902. The second-order valence-corrected chi connectivity index (χ2v) is 8.17. The van der Waals surface area contributed by atoms with Crippen molar-refractivity contribution in [3.8, 4) is 0 Å². The van der Waals surface area contributed by atoms with Gasteiger partial charge in [0.1, 0.15) is 0 Å². The molecule has 0 saturated heterocycles. The summed E-state index contributed by atoms with van der Waals surface area (Å²) in [6.45, 7) is 1.91. The molecule has 1 aliphatic carbocycles. The van der Waals surface area contributed by atoms with Crippen LogP contribution in [0.4, 0.5) is 5.69 Å². The lowest BCUT2D eigenvalue weighted by Crippen LogP contribution is -2.39. The molecule has 0 heterocycles. The Morgan fingerprint density at radius 2 is 1.85 bits per heavy atom. The zero-order valence-electron chi connectivity index (χ0n) is 14.6. The minimum absolute atomic E-state index is 0. The monoisotopic (exact) mass is 397 g/mol. The third-order valence-corrected chi connectivity index (χ3v) is 6.30. The average Bonchev–Trinajstić information content (AvgIpc) is 3.01. The molecular formula is C18H24ClN3O3S. The minimum atomic E-state index is -3.68. The summed E-state index contributed by atoms with van der Waals surface area (Å²) in [6.07, 6.45) is 2.74. The lowest BCUT2D eigenvalue weighted by Gasteiger charge is -2.20. The van der Waals surface area contributed by atoms with E-state index in [-0.39, 0.29) is 35.2 Å². The van der Waals surface area contributed by atoms with Crippen molar-refractivity contribution in [1.82, 2.24) is 4.72 Å². The van der Waals surface area contributed by atoms with Crippen LogP contribution in [0, 0.1) is 5.92 Å². The van der Waals surface area contributed by atoms with Crippen molar-refractivity contribution in [2.75, 3.05) is 11.9 Å². The molecule has 142 valence electrons. The van der Waals surface area contributed by atoms with Crippen molar-refractivity contribution < 1.29 is 13.2 Å². The zero-order valence-corrected chi connectivity index (χ0v) is 16.2. The molecule has 0 bridgehead atoms. The van der Waals surface area contributed by atoms with Gasteiger partial charge < -0.3 is 11.1 Å². The maximum Gasteiger partial charge on any atom is 0.241 e. The predicted octanol–water partition coefficient (Wildman–Crippen LogP) is 2.63. The van der Waals surface area contributed by atoms with Crippen LogP contribution >= 0.6 is 12.4 Å². The number of hydrogen-bond donors (Lipinski definition) is 3. The number of nitrogens with two attached hydrogens (primary N) is 1. The molecule has 1 saturated carbocycles. The van der Waals surface area contributed by atoms with Crippen molar-refractivity contribution in [2.45, 2.75) is 37.1 Å². The van der Waals surface area contributed by atoms with E-state index in [1.165, 1.54) is 6.92 Å². The van der Waals surface area contributed by atoms with Gasteiger partial charge in [-0.25, -0.2) is 13.1 Å². The third-order valence-electron chi connectivity index (χ3n) is 4.75. The molecule has 0 radical (unpaired) electrons. The number of anilines is 1. The number of halogens is 1. The first kappa shape index (κ1) is 20.6. The predicted molar refractivity (Wildman–Crippen MR) is 106 cm³/mol. The lowest BCUT2D eigenvalue weighted by molar-refractivity contribution is -0.114. The number of hydrogen-bond acceptors (Lipinski definition) is 4. The molecule has 2 atom stereocenters. The SMILES string of the molecule is CC(=O)Nc1ccc(S(=O)(=O)NC2CCCC2CN)c2ccccc12.Cl. The van der Waals surface area contributed by atoms with Gasteiger partial charge in [0.2, 0.25) is 15.9 Å². The third kappa shape index (κ3) is 4.17. The van der Waals surface area contributed by atoms with Crippen LogP contribution in [-0.2, 0) is 14.8 Å². The Kier molecular flexibility index (Phi) is 6.63. The summed E-state index contributed by atoms with van der Waals surface area (Å²) in [6, 6.07) is 10.2. The van der Waals surface area contributed by atoms with E-state index in [2.05, 4.69) is 10.0 Å². The molecule has 0 aromatic heterocycles. The molecule has 1 amide bonds. The van der Waals surface area contributed by atoms with E-state index in [4.69, 9.17) is 5.73 Å². The molecule has 1 fully saturated rings. The normalized spacial score (nSPS) is 19.9. The average molecular weight is 398 g/mol. The van der Waals surface area contributed by atoms with Gasteiger partial charge in [0, 0.05) is 29.4 Å². The topological polar surface area (TPSA) is 101 Å². The van der Waals surface area contributed by atoms with Crippen LogP contribution in [0.15, 0.2) is 41.3 Å². The Morgan fingerprint density at radius 3 is 2.50 bits per heavy atom. The van der Waals surface area contributed by atoms with E-state index in [0.29, 0.717) is 23.0 Å². The number of rotatable bonds is 5. The lowest BCUT2D eigenvalue weighted by atomic mass is 10.1. The van der Waals surface area contributed by atoms with Crippen LogP contribution in [0.5, 0.6) is 0 Å². The van der Waals surface area contributed by atoms with Gasteiger partial charge >= 0.3 is 0 Å². The fraction of sp³-hybridized carbons (Fsp3) is 0.389. The van der Waals surface area contributed by atoms with Crippen molar-refractivity contribution in [1.29, 1.82) is 0 Å². The van der Waals surface area contributed by atoms with E-state index < -0.39 is 10.0 Å². The van der Waals surface area contributed by atoms with Crippen LogP contribution in [0.1, 0.15) is 26.2 Å². The highest BCUT2D eigenvalue weighted by Gasteiger charge is 2.31. The van der Waals surface area contributed by atoms with Crippen molar-refractivity contribution in [2.24, 2.45) is 11.7 Å². The largest absolute Gasteiger partial charge is 0.330 e. The van der Waals surface area contributed by atoms with Gasteiger partial charge in [-0.1, -0.05) is 30.7 Å². The summed E-state index contributed by atoms with van der Waals surface area (Å²) < 4.78 is 28.7. The first-order valence-corrected chi connectivity index (χ1v) is 9.92. The molecule has 1 aliphatic rings. The fourth-order valence-corrected chi connectivity index (χ4v) is 5.09. The zero-order chi connectivity index (χ0) is 18.0. The van der Waals surface area contributed by atoms with Gasteiger partial charge in [-0.05, 0) is 37.4 Å². The smallest absolute Gasteiger partial charge is 0.241 e. The Morgan fingerprint density at radius 1 is 1.15 bits per heavy atom. The first-order valence-electron chi connectivity index (χ1n) is 8.44. The number of amides is 1. The Balaban J connectivity index is 0.00000243. The number of nitrogens with one attached hydrogen (secondary N) is 2. The Hall–Kier alpha value is -1.67. The molecule has 0 spiro atoms. The van der Waals surface area contributed by atoms with Gasteiger partial charge in [-0.15, -0.1) is 12.4 Å². The van der Waals surface area contributed by atoms with E-state index in [1.807, 2.05) is 6.07 Å². The van der Waals surface area contributed by atoms with Crippen molar-refractivity contribution in [3.63, 3.8) is 0 Å². The summed E-state index contributed by atoms with van der Waals surface area (Å²) in [4.78, 5) is 11.6. The van der Waals surface area contributed by atoms with Gasteiger partial charge in [-0.3, -0.25) is 4.79 Å².